The second-order valence-electron chi connectivity index (χ2n) is 9.48. The molecule has 0 radical (unpaired) electrons. The highest BCUT2D eigenvalue weighted by molar-refractivity contribution is 5.96. The van der Waals surface area contributed by atoms with E-state index < -0.39 is 0 Å². The highest BCUT2D eigenvalue weighted by atomic mass is 16.5. The average Bonchev–Trinajstić information content (AvgIpc) is 3.62. The maximum Gasteiger partial charge on any atom is 0.300 e. The first-order valence-corrected chi connectivity index (χ1v) is 12.6. The van der Waals surface area contributed by atoms with Crippen LogP contribution >= 0.6 is 0 Å². The van der Waals surface area contributed by atoms with E-state index in [9.17, 15) is 4.79 Å². The molecule has 5 aromatic rings. The zero-order valence-corrected chi connectivity index (χ0v) is 21.3. The standard InChI is InChI=1S/C29H28N6O3/c1-19-4-3-5-21(16-19)18-37-24-9-7-22(17-23(24)26-30-10-11-31-26)28(36)34-12-14-35(15-13-34)29-33-27-25(38-29)8-6-20(2)32-27/h3-11,16-17H,12-15,18H2,1-2H3,(H,30,31). The number of fused-ring (bicyclic) bond motifs is 1. The van der Waals surface area contributed by atoms with Gasteiger partial charge in [0.2, 0.25) is 5.65 Å². The smallest absolute Gasteiger partial charge is 0.300 e. The Morgan fingerprint density at radius 1 is 1.03 bits per heavy atom. The number of imidazole rings is 1. The molecule has 1 saturated heterocycles. The minimum Gasteiger partial charge on any atom is -0.488 e. The van der Waals surface area contributed by atoms with Crippen molar-refractivity contribution in [1.82, 2.24) is 24.8 Å². The van der Waals surface area contributed by atoms with Gasteiger partial charge in [0, 0.05) is 49.8 Å². The molecule has 0 atom stereocenters. The molecule has 3 aromatic heterocycles. The highest BCUT2D eigenvalue weighted by Crippen LogP contribution is 2.30. The van der Waals surface area contributed by atoms with Crippen LogP contribution in [0, 0.1) is 13.8 Å². The molecule has 1 amide bonds. The summed E-state index contributed by atoms with van der Waals surface area (Å²) in [5, 5.41) is 0. The van der Waals surface area contributed by atoms with Gasteiger partial charge >= 0.3 is 0 Å². The summed E-state index contributed by atoms with van der Waals surface area (Å²) in [6.07, 6.45) is 3.45. The number of benzene rings is 2. The van der Waals surface area contributed by atoms with Gasteiger partial charge in [0.05, 0.1) is 5.56 Å². The third-order valence-electron chi connectivity index (χ3n) is 6.68. The molecule has 38 heavy (non-hydrogen) atoms. The second-order valence-corrected chi connectivity index (χ2v) is 9.48. The minimum atomic E-state index is -0.0300. The number of piperazine rings is 1. The number of anilines is 1. The molecule has 1 aliphatic rings. The normalized spacial score (nSPS) is 13.7. The first kappa shape index (κ1) is 23.7. The molecule has 0 saturated carbocycles. The van der Waals surface area contributed by atoms with Crippen LogP contribution in [0.3, 0.4) is 0 Å². The largest absolute Gasteiger partial charge is 0.488 e. The summed E-state index contributed by atoms with van der Waals surface area (Å²) in [5.74, 6) is 1.30. The first-order chi connectivity index (χ1) is 18.5. The molecule has 0 unspecified atom stereocenters. The van der Waals surface area contributed by atoms with Crippen molar-refractivity contribution in [3.05, 3.63) is 89.4 Å². The Balaban J connectivity index is 1.17. The number of aromatic nitrogens is 4. The Morgan fingerprint density at radius 2 is 1.89 bits per heavy atom. The molecule has 0 spiro atoms. The zero-order chi connectivity index (χ0) is 26.1. The average molecular weight is 509 g/mol. The molecule has 1 fully saturated rings. The van der Waals surface area contributed by atoms with E-state index in [1.807, 2.05) is 54.3 Å². The van der Waals surface area contributed by atoms with Crippen LogP contribution in [0.2, 0.25) is 0 Å². The van der Waals surface area contributed by atoms with E-state index >= 15 is 0 Å². The maximum atomic E-state index is 13.5. The molecule has 2 aromatic carbocycles. The van der Waals surface area contributed by atoms with Gasteiger partial charge in [0.15, 0.2) is 5.58 Å². The van der Waals surface area contributed by atoms with Gasteiger partial charge in [-0.1, -0.05) is 29.8 Å². The number of oxazole rings is 1. The van der Waals surface area contributed by atoms with Gasteiger partial charge in [0.1, 0.15) is 18.2 Å². The number of carbonyl (C=O) groups is 1. The summed E-state index contributed by atoms with van der Waals surface area (Å²) in [5.41, 5.74) is 5.77. The van der Waals surface area contributed by atoms with Crippen molar-refractivity contribution in [2.75, 3.05) is 31.1 Å². The van der Waals surface area contributed by atoms with Crippen LogP contribution in [0.4, 0.5) is 6.01 Å². The van der Waals surface area contributed by atoms with Crippen molar-refractivity contribution in [2.45, 2.75) is 20.5 Å². The fourth-order valence-corrected chi connectivity index (χ4v) is 4.67. The maximum absolute atomic E-state index is 13.5. The number of amides is 1. The number of rotatable bonds is 6. The van der Waals surface area contributed by atoms with Crippen LogP contribution in [0.5, 0.6) is 5.75 Å². The lowest BCUT2D eigenvalue weighted by Gasteiger charge is -2.33. The number of nitrogens with one attached hydrogen (secondary N) is 1. The number of hydrogen-bond acceptors (Lipinski definition) is 7. The predicted octanol–water partition coefficient (Wildman–Crippen LogP) is 4.77. The van der Waals surface area contributed by atoms with Crippen molar-refractivity contribution >= 4 is 23.2 Å². The Bertz CT molecular complexity index is 1590. The monoisotopic (exact) mass is 508 g/mol. The van der Waals surface area contributed by atoms with Gasteiger partial charge in [0.25, 0.3) is 11.9 Å². The topological polar surface area (TPSA) is 100 Å². The summed E-state index contributed by atoms with van der Waals surface area (Å²) in [6.45, 7) is 6.79. The van der Waals surface area contributed by atoms with Crippen LogP contribution in [-0.2, 0) is 6.61 Å². The molecule has 1 aliphatic heterocycles. The van der Waals surface area contributed by atoms with Crippen molar-refractivity contribution in [1.29, 1.82) is 0 Å². The van der Waals surface area contributed by atoms with E-state index in [1.165, 1.54) is 5.56 Å². The van der Waals surface area contributed by atoms with Crippen molar-refractivity contribution < 1.29 is 13.9 Å². The number of pyridine rings is 1. The molecule has 9 nitrogen and oxygen atoms in total. The van der Waals surface area contributed by atoms with Gasteiger partial charge in [-0.15, -0.1) is 0 Å². The number of ether oxygens (including phenoxy) is 1. The molecule has 1 N–H and O–H groups in total. The van der Waals surface area contributed by atoms with E-state index in [0.29, 0.717) is 67.2 Å². The number of nitrogens with zero attached hydrogens (tertiary/aromatic N) is 5. The zero-order valence-electron chi connectivity index (χ0n) is 21.3. The Morgan fingerprint density at radius 3 is 2.68 bits per heavy atom. The number of H-pyrrole nitrogens is 1. The predicted molar refractivity (Wildman–Crippen MR) is 144 cm³/mol. The molecular formula is C29H28N6O3. The Kier molecular flexibility index (Phi) is 6.25. The van der Waals surface area contributed by atoms with Gasteiger partial charge in [-0.3, -0.25) is 4.79 Å². The van der Waals surface area contributed by atoms with Crippen molar-refractivity contribution in [3.8, 4) is 17.1 Å². The second kappa shape index (κ2) is 10.0. The van der Waals surface area contributed by atoms with E-state index in [0.717, 1.165) is 16.8 Å². The first-order valence-electron chi connectivity index (χ1n) is 12.6. The lowest BCUT2D eigenvalue weighted by atomic mass is 10.1. The number of carbonyl (C=O) groups excluding carboxylic acids is 1. The number of aromatic amines is 1. The number of hydrogen-bond donors (Lipinski definition) is 1. The highest BCUT2D eigenvalue weighted by Gasteiger charge is 2.26. The van der Waals surface area contributed by atoms with Gasteiger partial charge in [-0.25, -0.2) is 9.97 Å². The molecule has 6 rings (SSSR count). The van der Waals surface area contributed by atoms with E-state index in [4.69, 9.17) is 9.15 Å². The molecular weight excluding hydrogens is 480 g/mol. The fourth-order valence-electron chi connectivity index (χ4n) is 4.67. The summed E-state index contributed by atoms with van der Waals surface area (Å²) in [7, 11) is 0. The van der Waals surface area contributed by atoms with Gasteiger partial charge < -0.3 is 23.9 Å². The number of aryl methyl sites for hydroxylation is 2. The van der Waals surface area contributed by atoms with Crippen LogP contribution in [0.15, 0.2) is 71.4 Å². The van der Waals surface area contributed by atoms with Crippen molar-refractivity contribution in [2.24, 2.45) is 0 Å². The van der Waals surface area contributed by atoms with E-state index in [-0.39, 0.29) is 5.91 Å². The summed E-state index contributed by atoms with van der Waals surface area (Å²) < 4.78 is 12.1. The van der Waals surface area contributed by atoms with Gasteiger partial charge in [-0.05, 0) is 49.7 Å². The molecule has 0 bridgehead atoms. The minimum absolute atomic E-state index is 0.0300. The van der Waals surface area contributed by atoms with Crippen molar-refractivity contribution in [3.63, 3.8) is 0 Å². The van der Waals surface area contributed by atoms with Crippen LogP contribution in [-0.4, -0.2) is 56.9 Å². The van der Waals surface area contributed by atoms with Crippen LogP contribution in [0.25, 0.3) is 22.6 Å². The lowest BCUT2D eigenvalue weighted by molar-refractivity contribution is 0.0745. The van der Waals surface area contributed by atoms with Gasteiger partial charge in [-0.2, -0.15) is 4.98 Å². The van der Waals surface area contributed by atoms with Crippen LogP contribution in [0.1, 0.15) is 27.2 Å². The van der Waals surface area contributed by atoms with E-state index in [2.05, 4.69) is 43.9 Å². The molecule has 4 heterocycles. The molecule has 9 heteroatoms. The molecule has 192 valence electrons. The summed E-state index contributed by atoms with van der Waals surface area (Å²) in [4.78, 5) is 33.9. The Hall–Kier alpha value is -4.66. The van der Waals surface area contributed by atoms with Crippen LogP contribution < -0.4 is 9.64 Å². The molecule has 0 aliphatic carbocycles. The third-order valence-corrected chi connectivity index (χ3v) is 6.68. The Labute approximate surface area is 220 Å². The fraction of sp³-hybridized carbons (Fsp3) is 0.241. The quantitative estimate of drug-likeness (QED) is 0.353. The lowest BCUT2D eigenvalue weighted by Crippen LogP contribution is -2.48. The summed E-state index contributed by atoms with van der Waals surface area (Å²) in [6, 6.07) is 18.1. The van der Waals surface area contributed by atoms with E-state index in [1.54, 1.807) is 12.4 Å². The third kappa shape index (κ3) is 4.82. The SMILES string of the molecule is Cc1cccc(COc2ccc(C(=O)N3CCN(c4nc5nc(C)ccc5o4)CC3)cc2-c2ncc[nH]2)c1. The summed E-state index contributed by atoms with van der Waals surface area (Å²) >= 11 is 0.